The van der Waals surface area contributed by atoms with Gasteiger partial charge in [0.25, 0.3) is 0 Å². The first-order valence-corrected chi connectivity index (χ1v) is 7.25. The van der Waals surface area contributed by atoms with Gasteiger partial charge in [-0.2, -0.15) is 0 Å². The molecule has 0 spiro atoms. The van der Waals surface area contributed by atoms with Gasteiger partial charge in [-0.05, 0) is 30.0 Å². The highest BCUT2D eigenvalue weighted by Gasteiger charge is 2.19. The van der Waals surface area contributed by atoms with Gasteiger partial charge in [0.15, 0.2) is 0 Å². The second-order valence-electron chi connectivity index (χ2n) is 5.62. The molecule has 20 heavy (non-hydrogen) atoms. The van der Waals surface area contributed by atoms with Crippen LogP contribution in [0.1, 0.15) is 37.8 Å². The first-order valence-electron chi connectivity index (χ1n) is 7.25. The maximum atomic E-state index is 12.1. The van der Waals surface area contributed by atoms with Crippen LogP contribution in [0.25, 0.3) is 6.08 Å². The van der Waals surface area contributed by atoms with Crippen LogP contribution in [-0.2, 0) is 9.53 Å². The van der Waals surface area contributed by atoms with Gasteiger partial charge in [-0.15, -0.1) is 0 Å². The largest absolute Gasteiger partial charge is 0.375 e. The van der Waals surface area contributed by atoms with Crippen LogP contribution < -0.4 is 0 Å². The molecule has 2 rings (SSSR count). The first-order chi connectivity index (χ1) is 9.56. The zero-order valence-corrected chi connectivity index (χ0v) is 12.5. The number of hydrogen-bond donors (Lipinski definition) is 0. The predicted octanol–water partition coefficient (Wildman–Crippen LogP) is 3.07. The monoisotopic (exact) mass is 273 g/mol. The van der Waals surface area contributed by atoms with Crippen molar-refractivity contribution in [1.82, 2.24) is 4.90 Å². The second kappa shape index (κ2) is 6.71. The molecule has 0 radical (unpaired) electrons. The van der Waals surface area contributed by atoms with Crippen LogP contribution in [0.5, 0.6) is 0 Å². The lowest BCUT2D eigenvalue weighted by molar-refractivity contribution is -0.132. The molecule has 1 saturated heterocycles. The third-order valence-corrected chi connectivity index (χ3v) is 3.57. The van der Waals surface area contributed by atoms with E-state index in [1.807, 2.05) is 17.9 Å². The molecule has 0 bridgehead atoms. The molecule has 0 aromatic heterocycles. The Bertz CT molecular complexity index is 476. The quantitative estimate of drug-likeness (QED) is 0.792. The summed E-state index contributed by atoms with van der Waals surface area (Å²) in [6, 6.07) is 8.35. The third kappa shape index (κ3) is 3.94. The number of ether oxygens (including phenoxy) is 1. The van der Waals surface area contributed by atoms with Crippen LogP contribution in [0.3, 0.4) is 0 Å². The van der Waals surface area contributed by atoms with E-state index >= 15 is 0 Å². The van der Waals surface area contributed by atoms with Crippen molar-refractivity contribution in [1.29, 1.82) is 0 Å². The molecule has 1 aromatic carbocycles. The van der Waals surface area contributed by atoms with Crippen molar-refractivity contribution >= 4 is 12.0 Å². The van der Waals surface area contributed by atoms with E-state index in [4.69, 9.17) is 4.74 Å². The lowest BCUT2D eigenvalue weighted by atomic mass is 10.0. The zero-order chi connectivity index (χ0) is 14.5. The van der Waals surface area contributed by atoms with Crippen LogP contribution in [0, 0.1) is 0 Å². The Kier molecular flexibility index (Phi) is 4.96. The maximum absolute atomic E-state index is 12.1. The van der Waals surface area contributed by atoms with Gasteiger partial charge in [0.2, 0.25) is 5.91 Å². The number of carbonyl (C=O) groups is 1. The predicted molar refractivity (Wildman–Crippen MR) is 81.6 cm³/mol. The van der Waals surface area contributed by atoms with Crippen LogP contribution in [0.15, 0.2) is 30.3 Å². The number of carbonyl (C=O) groups excluding carboxylic acids is 1. The molecule has 1 atom stereocenters. The van der Waals surface area contributed by atoms with Gasteiger partial charge in [-0.1, -0.05) is 38.1 Å². The van der Waals surface area contributed by atoms with Crippen molar-refractivity contribution < 1.29 is 9.53 Å². The van der Waals surface area contributed by atoms with Crippen LogP contribution in [-0.4, -0.2) is 36.6 Å². The highest BCUT2D eigenvalue weighted by atomic mass is 16.5. The van der Waals surface area contributed by atoms with Crippen molar-refractivity contribution in [3.8, 4) is 0 Å². The summed E-state index contributed by atoms with van der Waals surface area (Å²) in [6.45, 7) is 8.33. The highest BCUT2D eigenvalue weighted by Crippen LogP contribution is 2.15. The topological polar surface area (TPSA) is 29.5 Å². The summed E-state index contributed by atoms with van der Waals surface area (Å²) in [5.74, 6) is 0.595. The lowest BCUT2D eigenvalue weighted by Crippen LogP contribution is -2.43. The van der Waals surface area contributed by atoms with E-state index in [9.17, 15) is 4.79 Å². The fourth-order valence-electron chi connectivity index (χ4n) is 2.28. The highest BCUT2D eigenvalue weighted by molar-refractivity contribution is 5.91. The molecule has 0 aliphatic carbocycles. The van der Waals surface area contributed by atoms with Gasteiger partial charge in [0.05, 0.1) is 12.7 Å². The van der Waals surface area contributed by atoms with Crippen LogP contribution >= 0.6 is 0 Å². The van der Waals surface area contributed by atoms with E-state index in [1.165, 1.54) is 5.56 Å². The first kappa shape index (κ1) is 14.8. The third-order valence-electron chi connectivity index (χ3n) is 3.57. The van der Waals surface area contributed by atoms with Gasteiger partial charge in [-0.3, -0.25) is 4.79 Å². The normalized spacial score (nSPS) is 19.8. The molecule has 1 amide bonds. The van der Waals surface area contributed by atoms with E-state index in [1.54, 1.807) is 6.08 Å². The summed E-state index contributed by atoms with van der Waals surface area (Å²) in [5.41, 5.74) is 2.37. The van der Waals surface area contributed by atoms with E-state index in [2.05, 4.69) is 38.1 Å². The summed E-state index contributed by atoms with van der Waals surface area (Å²) >= 11 is 0. The number of hydrogen-bond acceptors (Lipinski definition) is 2. The number of amides is 1. The molecule has 1 aromatic rings. The molecular weight excluding hydrogens is 250 g/mol. The minimum atomic E-state index is 0.0630. The van der Waals surface area contributed by atoms with E-state index < -0.39 is 0 Å². The number of rotatable bonds is 3. The van der Waals surface area contributed by atoms with Gasteiger partial charge in [0.1, 0.15) is 0 Å². The molecule has 1 aliphatic heterocycles. The molecule has 1 heterocycles. The summed E-state index contributed by atoms with van der Waals surface area (Å²) in [7, 11) is 0. The molecule has 0 N–H and O–H groups in total. The Labute approximate surface area is 121 Å². The van der Waals surface area contributed by atoms with Crippen LogP contribution in [0.4, 0.5) is 0 Å². The molecule has 1 fully saturated rings. The Morgan fingerprint density at radius 1 is 1.35 bits per heavy atom. The van der Waals surface area contributed by atoms with E-state index in [-0.39, 0.29) is 12.0 Å². The van der Waals surface area contributed by atoms with Gasteiger partial charge in [-0.25, -0.2) is 0 Å². The maximum Gasteiger partial charge on any atom is 0.246 e. The molecule has 1 unspecified atom stereocenters. The minimum absolute atomic E-state index is 0.0630. The van der Waals surface area contributed by atoms with E-state index in [0.717, 1.165) is 5.56 Å². The molecule has 3 heteroatoms. The Morgan fingerprint density at radius 3 is 2.65 bits per heavy atom. The van der Waals surface area contributed by atoms with Crippen LogP contribution in [0.2, 0.25) is 0 Å². The zero-order valence-electron chi connectivity index (χ0n) is 12.5. The fourth-order valence-corrected chi connectivity index (χ4v) is 2.28. The molecule has 108 valence electrons. The Balaban J connectivity index is 1.96. The molecule has 0 saturated carbocycles. The smallest absolute Gasteiger partial charge is 0.246 e. The van der Waals surface area contributed by atoms with Crippen molar-refractivity contribution in [2.45, 2.75) is 32.8 Å². The number of morpholine rings is 1. The standard InChI is InChI=1S/C17H23NO2/c1-13(2)16-7-4-15(5-8-16)6-9-17(19)18-10-11-20-14(3)12-18/h4-9,13-14H,10-12H2,1-3H3/b9-6+. The van der Waals surface area contributed by atoms with E-state index in [0.29, 0.717) is 25.6 Å². The SMILES string of the molecule is CC1CN(C(=O)/C=C/c2ccc(C(C)C)cc2)CCO1. The summed E-state index contributed by atoms with van der Waals surface area (Å²) in [4.78, 5) is 13.9. The summed E-state index contributed by atoms with van der Waals surface area (Å²) in [5, 5.41) is 0. The fraction of sp³-hybridized carbons (Fsp3) is 0.471. The summed E-state index contributed by atoms with van der Waals surface area (Å²) < 4.78 is 5.44. The molecular formula is C17H23NO2. The minimum Gasteiger partial charge on any atom is -0.375 e. The number of nitrogens with zero attached hydrogens (tertiary/aromatic N) is 1. The second-order valence-corrected chi connectivity index (χ2v) is 5.62. The molecule has 1 aliphatic rings. The van der Waals surface area contributed by atoms with Gasteiger partial charge < -0.3 is 9.64 Å². The Morgan fingerprint density at radius 2 is 2.05 bits per heavy atom. The lowest BCUT2D eigenvalue weighted by Gasteiger charge is -2.30. The average Bonchev–Trinajstić information content (AvgIpc) is 2.45. The van der Waals surface area contributed by atoms with Crippen molar-refractivity contribution in [2.75, 3.05) is 19.7 Å². The van der Waals surface area contributed by atoms with Crippen molar-refractivity contribution in [3.63, 3.8) is 0 Å². The molecule has 3 nitrogen and oxygen atoms in total. The van der Waals surface area contributed by atoms with Gasteiger partial charge >= 0.3 is 0 Å². The van der Waals surface area contributed by atoms with Crippen molar-refractivity contribution in [3.05, 3.63) is 41.5 Å². The Hall–Kier alpha value is -1.61. The average molecular weight is 273 g/mol. The summed E-state index contributed by atoms with van der Waals surface area (Å²) in [6.07, 6.45) is 3.67. The van der Waals surface area contributed by atoms with Gasteiger partial charge in [0, 0.05) is 19.2 Å². The van der Waals surface area contributed by atoms with Crippen molar-refractivity contribution in [2.24, 2.45) is 0 Å². The number of benzene rings is 1.